The summed E-state index contributed by atoms with van der Waals surface area (Å²) >= 11 is 0. The summed E-state index contributed by atoms with van der Waals surface area (Å²) in [6.07, 6.45) is 1.28. The molecule has 0 aliphatic carbocycles. The van der Waals surface area contributed by atoms with Gasteiger partial charge in [0.25, 0.3) is 0 Å². The first-order valence-electron chi connectivity index (χ1n) is 7.33. The van der Waals surface area contributed by atoms with Gasteiger partial charge in [-0.25, -0.2) is 4.98 Å². The Bertz CT molecular complexity index is 718. The van der Waals surface area contributed by atoms with E-state index >= 15 is 0 Å². The zero-order valence-corrected chi connectivity index (χ0v) is 12.3. The van der Waals surface area contributed by atoms with Gasteiger partial charge in [0.1, 0.15) is 0 Å². The van der Waals surface area contributed by atoms with E-state index in [1.165, 1.54) is 0 Å². The molecule has 2 unspecified atom stereocenters. The van der Waals surface area contributed by atoms with Gasteiger partial charge in [-0.15, -0.1) is 0 Å². The van der Waals surface area contributed by atoms with Crippen molar-refractivity contribution >= 4 is 11.0 Å². The lowest BCUT2D eigenvalue weighted by molar-refractivity contribution is 0.0894. The Morgan fingerprint density at radius 2 is 1.62 bits per heavy atom. The molecule has 1 heterocycles. The molecule has 0 amide bonds. The molecule has 21 heavy (non-hydrogen) atoms. The van der Waals surface area contributed by atoms with Crippen LogP contribution in [0, 0.1) is 5.92 Å². The molecule has 0 bridgehead atoms. The molecule has 0 spiro atoms. The predicted octanol–water partition coefficient (Wildman–Crippen LogP) is 3.97. The van der Waals surface area contributed by atoms with E-state index in [2.05, 4.69) is 29.5 Å². The van der Waals surface area contributed by atoms with Crippen molar-refractivity contribution in [1.29, 1.82) is 0 Å². The van der Waals surface area contributed by atoms with Crippen molar-refractivity contribution < 1.29 is 5.11 Å². The van der Waals surface area contributed by atoms with Crippen LogP contribution in [0.25, 0.3) is 11.0 Å². The highest BCUT2D eigenvalue weighted by molar-refractivity contribution is 5.75. The molecule has 0 aliphatic heterocycles. The van der Waals surface area contributed by atoms with Gasteiger partial charge in [-0.1, -0.05) is 56.3 Å². The first kappa shape index (κ1) is 13.8. The van der Waals surface area contributed by atoms with Crippen LogP contribution in [0.1, 0.15) is 31.6 Å². The van der Waals surface area contributed by atoms with Crippen LogP contribution in [0.3, 0.4) is 0 Å². The van der Waals surface area contributed by atoms with Crippen molar-refractivity contribution in [3.8, 4) is 0 Å². The maximum atomic E-state index is 10.8. The average Bonchev–Trinajstić information content (AvgIpc) is 2.92. The number of nitrogens with zero attached hydrogens (tertiary/aromatic N) is 2. The Kier molecular flexibility index (Phi) is 3.76. The fraction of sp³-hybridized carbons (Fsp3) is 0.278. The molecular formula is C18H20N2O. The number of para-hydroxylation sites is 2. The minimum atomic E-state index is -0.552. The van der Waals surface area contributed by atoms with Gasteiger partial charge >= 0.3 is 0 Å². The number of benzene rings is 2. The molecular weight excluding hydrogens is 260 g/mol. The molecule has 3 nitrogen and oxygen atoms in total. The van der Waals surface area contributed by atoms with Gasteiger partial charge in [0.15, 0.2) is 0 Å². The van der Waals surface area contributed by atoms with Gasteiger partial charge in [-0.3, -0.25) is 0 Å². The van der Waals surface area contributed by atoms with Crippen LogP contribution in [0.4, 0.5) is 0 Å². The van der Waals surface area contributed by atoms with Crippen LogP contribution >= 0.6 is 0 Å². The minimum absolute atomic E-state index is 0.0419. The predicted molar refractivity (Wildman–Crippen MR) is 85.0 cm³/mol. The molecule has 3 aromatic rings. The van der Waals surface area contributed by atoms with E-state index in [9.17, 15) is 5.11 Å². The first-order valence-corrected chi connectivity index (χ1v) is 7.33. The first-order chi connectivity index (χ1) is 10.2. The van der Waals surface area contributed by atoms with Crippen molar-refractivity contribution in [2.75, 3.05) is 0 Å². The van der Waals surface area contributed by atoms with Crippen LogP contribution in [0.2, 0.25) is 0 Å². The number of aromatic nitrogens is 2. The van der Waals surface area contributed by atoms with E-state index in [4.69, 9.17) is 0 Å². The molecule has 0 radical (unpaired) electrons. The van der Waals surface area contributed by atoms with Crippen molar-refractivity contribution in [2.24, 2.45) is 5.92 Å². The molecule has 108 valence electrons. The van der Waals surface area contributed by atoms with Crippen LogP contribution in [-0.4, -0.2) is 14.7 Å². The highest BCUT2D eigenvalue weighted by atomic mass is 16.3. The van der Waals surface area contributed by atoms with Crippen molar-refractivity contribution in [1.82, 2.24) is 9.55 Å². The largest absolute Gasteiger partial charge is 0.386 e. The van der Waals surface area contributed by atoms with Crippen molar-refractivity contribution in [3.63, 3.8) is 0 Å². The molecule has 2 atom stereocenters. The highest BCUT2D eigenvalue weighted by Crippen LogP contribution is 2.34. The number of imidazole rings is 1. The zero-order valence-electron chi connectivity index (χ0n) is 12.3. The SMILES string of the molecule is CC(C)C(C(O)c1ccccc1)n1cnc2ccccc21. The molecule has 0 saturated heterocycles. The molecule has 2 aromatic carbocycles. The smallest absolute Gasteiger partial charge is 0.1000 e. The average molecular weight is 280 g/mol. The van der Waals surface area contributed by atoms with Gasteiger partial charge in [-0.05, 0) is 23.6 Å². The van der Waals surface area contributed by atoms with Gasteiger partial charge in [0.2, 0.25) is 0 Å². The third kappa shape index (κ3) is 2.57. The summed E-state index contributed by atoms with van der Waals surface area (Å²) in [5, 5.41) is 10.8. The van der Waals surface area contributed by atoms with E-state index in [1.807, 2.05) is 54.9 Å². The molecule has 1 aromatic heterocycles. The number of aliphatic hydroxyl groups is 1. The number of aliphatic hydroxyl groups excluding tert-OH is 1. The zero-order chi connectivity index (χ0) is 14.8. The Morgan fingerprint density at radius 3 is 2.33 bits per heavy atom. The standard InChI is InChI=1S/C18H20N2O/c1-13(2)17(18(21)14-8-4-3-5-9-14)20-12-19-15-10-6-7-11-16(15)20/h3-13,17-18,21H,1-2H3. The lowest BCUT2D eigenvalue weighted by Gasteiger charge is -2.28. The van der Waals surface area contributed by atoms with E-state index in [-0.39, 0.29) is 12.0 Å². The van der Waals surface area contributed by atoms with Gasteiger partial charge in [0.05, 0.1) is 29.5 Å². The van der Waals surface area contributed by atoms with Crippen LogP contribution in [0.15, 0.2) is 60.9 Å². The summed E-state index contributed by atoms with van der Waals surface area (Å²) in [4.78, 5) is 4.45. The molecule has 0 fully saturated rings. The summed E-state index contributed by atoms with van der Waals surface area (Å²) in [6.45, 7) is 4.26. The Hall–Kier alpha value is -2.13. The van der Waals surface area contributed by atoms with Gasteiger partial charge < -0.3 is 9.67 Å². The van der Waals surface area contributed by atoms with Gasteiger partial charge in [-0.2, -0.15) is 0 Å². The lowest BCUT2D eigenvalue weighted by atomic mass is 9.93. The normalized spacial score (nSPS) is 14.5. The van der Waals surface area contributed by atoms with Crippen LogP contribution in [-0.2, 0) is 0 Å². The Morgan fingerprint density at radius 1 is 0.952 bits per heavy atom. The molecule has 1 N–H and O–H groups in total. The van der Waals surface area contributed by atoms with E-state index in [0.29, 0.717) is 0 Å². The highest BCUT2D eigenvalue weighted by Gasteiger charge is 2.26. The topological polar surface area (TPSA) is 38.0 Å². The maximum Gasteiger partial charge on any atom is 0.1000 e. The van der Waals surface area contributed by atoms with Crippen molar-refractivity contribution in [2.45, 2.75) is 26.0 Å². The third-order valence-corrected chi connectivity index (χ3v) is 3.95. The van der Waals surface area contributed by atoms with E-state index in [1.54, 1.807) is 0 Å². The second kappa shape index (κ2) is 5.70. The third-order valence-electron chi connectivity index (χ3n) is 3.95. The van der Waals surface area contributed by atoms with Crippen LogP contribution < -0.4 is 0 Å². The maximum absolute atomic E-state index is 10.8. The molecule has 0 aliphatic rings. The summed E-state index contributed by atoms with van der Waals surface area (Å²) in [7, 11) is 0. The minimum Gasteiger partial charge on any atom is -0.386 e. The van der Waals surface area contributed by atoms with Gasteiger partial charge in [0, 0.05) is 0 Å². The number of fused-ring (bicyclic) bond motifs is 1. The second-order valence-corrected chi connectivity index (χ2v) is 5.73. The number of hydrogen-bond acceptors (Lipinski definition) is 2. The molecule has 3 rings (SSSR count). The van der Waals surface area contributed by atoms with E-state index in [0.717, 1.165) is 16.6 Å². The Balaban J connectivity index is 2.06. The lowest BCUT2D eigenvalue weighted by Crippen LogP contribution is -2.22. The van der Waals surface area contributed by atoms with Crippen molar-refractivity contribution in [3.05, 3.63) is 66.5 Å². The molecule has 3 heteroatoms. The fourth-order valence-corrected chi connectivity index (χ4v) is 2.90. The number of rotatable bonds is 4. The second-order valence-electron chi connectivity index (χ2n) is 5.73. The monoisotopic (exact) mass is 280 g/mol. The molecule has 0 saturated carbocycles. The summed E-state index contributed by atoms with van der Waals surface area (Å²) in [5.74, 6) is 0.290. The summed E-state index contributed by atoms with van der Waals surface area (Å²) < 4.78 is 2.09. The van der Waals surface area contributed by atoms with E-state index < -0.39 is 6.10 Å². The van der Waals surface area contributed by atoms with Crippen LogP contribution in [0.5, 0.6) is 0 Å². The quantitative estimate of drug-likeness (QED) is 0.785. The fourth-order valence-electron chi connectivity index (χ4n) is 2.90. The number of hydrogen-bond donors (Lipinski definition) is 1. The summed E-state index contributed by atoms with van der Waals surface area (Å²) in [5.41, 5.74) is 2.96. The Labute approximate surface area is 124 Å². The summed E-state index contributed by atoms with van der Waals surface area (Å²) in [6, 6.07) is 17.8.